The van der Waals surface area contributed by atoms with Gasteiger partial charge in [0.25, 0.3) is 0 Å². The number of rotatable bonds is 7. The first-order valence-electron chi connectivity index (χ1n) is 6.64. The van der Waals surface area contributed by atoms with Crippen molar-refractivity contribution >= 4 is 5.97 Å². The molecule has 1 atom stereocenters. The van der Waals surface area contributed by atoms with Crippen LogP contribution in [-0.4, -0.2) is 17.7 Å². The molecule has 0 saturated heterocycles. The minimum Gasteiger partial charge on any atom is -0.507 e. The van der Waals surface area contributed by atoms with Gasteiger partial charge in [-0.15, -0.1) is 0 Å². The summed E-state index contributed by atoms with van der Waals surface area (Å²) in [7, 11) is 0. The molecule has 18 heavy (non-hydrogen) atoms. The van der Waals surface area contributed by atoms with Gasteiger partial charge in [0, 0.05) is 0 Å². The number of phenolic OH excluding ortho intramolecular Hbond substituents is 1. The number of carbonyl (C=O) groups is 1. The quantitative estimate of drug-likeness (QED) is 0.749. The minimum atomic E-state index is -0.442. The normalized spacial score (nSPS) is 12.1. The van der Waals surface area contributed by atoms with E-state index in [1.807, 2.05) is 0 Å². The van der Waals surface area contributed by atoms with Crippen molar-refractivity contribution in [1.82, 2.24) is 0 Å². The number of carbonyl (C=O) groups excluding carboxylic acids is 1. The zero-order valence-corrected chi connectivity index (χ0v) is 11.2. The second-order valence-corrected chi connectivity index (χ2v) is 4.53. The van der Waals surface area contributed by atoms with Gasteiger partial charge in [0.1, 0.15) is 11.3 Å². The predicted octanol–water partition coefficient (Wildman–Crippen LogP) is 3.77. The van der Waals surface area contributed by atoms with Crippen molar-refractivity contribution in [2.24, 2.45) is 5.92 Å². The molecule has 1 aromatic carbocycles. The van der Waals surface area contributed by atoms with Crippen molar-refractivity contribution in [3.8, 4) is 5.75 Å². The molecular formula is C15H22O3. The lowest BCUT2D eigenvalue weighted by molar-refractivity contribution is 0.0425. The highest BCUT2D eigenvalue weighted by Crippen LogP contribution is 2.18. The summed E-state index contributed by atoms with van der Waals surface area (Å²) in [6, 6.07) is 6.46. The number of aromatic hydroxyl groups is 1. The number of hydrogen-bond acceptors (Lipinski definition) is 3. The lowest BCUT2D eigenvalue weighted by atomic mass is 10.0. The molecule has 0 unspecified atom stereocenters. The highest BCUT2D eigenvalue weighted by atomic mass is 16.5. The highest BCUT2D eigenvalue weighted by Gasteiger charge is 2.14. The third-order valence-electron chi connectivity index (χ3n) is 3.12. The average Bonchev–Trinajstić information content (AvgIpc) is 2.39. The van der Waals surface area contributed by atoms with Crippen LogP contribution in [0.25, 0.3) is 0 Å². The number of unbranched alkanes of at least 4 members (excludes halogenated alkanes) is 1. The molecule has 0 aliphatic carbocycles. The molecule has 0 radical (unpaired) electrons. The molecule has 0 amide bonds. The van der Waals surface area contributed by atoms with Crippen LogP contribution in [0.1, 0.15) is 49.9 Å². The molecule has 0 saturated carbocycles. The zero-order valence-electron chi connectivity index (χ0n) is 11.2. The molecule has 0 aliphatic heterocycles. The standard InChI is InChI=1S/C15H22O3/c1-3-5-8-12(4-2)11-18-15(17)13-9-6-7-10-14(13)16/h6-7,9-10,12,16H,3-5,8,11H2,1-2H3/t12-/m0/s1. The molecule has 100 valence electrons. The highest BCUT2D eigenvalue weighted by molar-refractivity contribution is 5.92. The van der Waals surface area contributed by atoms with E-state index in [0.29, 0.717) is 12.5 Å². The second-order valence-electron chi connectivity index (χ2n) is 4.53. The summed E-state index contributed by atoms with van der Waals surface area (Å²) in [5.74, 6) is -0.0492. The number of benzene rings is 1. The van der Waals surface area contributed by atoms with E-state index in [4.69, 9.17) is 4.74 Å². The molecule has 3 heteroatoms. The molecule has 0 fully saturated rings. The SMILES string of the molecule is CCCC[C@H](CC)COC(=O)c1ccccc1O. The largest absolute Gasteiger partial charge is 0.507 e. The van der Waals surface area contributed by atoms with Crippen LogP contribution in [0.2, 0.25) is 0 Å². The van der Waals surface area contributed by atoms with Crippen molar-refractivity contribution in [1.29, 1.82) is 0 Å². The van der Waals surface area contributed by atoms with Crippen LogP contribution >= 0.6 is 0 Å². The van der Waals surface area contributed by atoms with E-state index in [1.54, 1.807) is 18.2 Å². The predicted molar refractivity (Wildman–Crippen MR) is 71.7 cm³/mol. The maximum atomic E-state index is 11.8. The Kier molecular flexibility index (Phi) is 6.26. The van der Waals surface area contributed by atoms with Gasteiger partial charge in [0.2, 0.25) is 0 Å². The summed E-state index contributed by atoms with van der Waals surface area (Å²) in [5, 5.41) is 9.54. The molecule has 0 aliphatic rings. The van der Waals surface area contributed by atoms with Gasteiger partial charge in [-0.05, 0) is 24.5 Å². The van der Waals surface area contributed by atoms with Crippen LogP contribution in [0.15, 0.2) is 24.3 Å². The Morgan fingerprint density at radius 3 is 2.67 bits per heavy atom. The first-order valence-corrected chi connectivity index (χ1v) is 6.64. The molecule has 0 heterocycles. The van der Waals surface area contributed by atoms with Crippen LogP contribution in [0.5, 0.6) is 5.75 Å². The van der Waals surface area contributed by atoms with Crippen molar-refractivity contribution in [2.45, 2.75) is 39.5 Å². The molecule has 0 aromatic heterocycles. The monoisotopic (exact) mass is 250 g/mol. The van der Waals surface area contributed by atoms with Gasteiger partial charge in [0.05, 0.1) is 6.61 Å². The van der Waals surface area contributed by atoms with Crippen molar-refractivity contribution in [3.05, 3.63) is 29.8 Å². The Morgan fingerprint density at radius 1 is 1.33 bits per heavy atom. The van der Waals surface area contributed by atoms with Gasteiger partial charge in [0.15, 0.2) is 0 Å². The van der Waals surface area contributed by atoms with Crippen LogP contribution in [0, 0.1) is 5.92 Å². The molecular weight excluding hydrogens is 228 g/mol. The second kappa shape index (κ2) is 7.75. The van der Waals surface area contributed by atoms with Gasteiger partial charge in [-0.25, -0.2) is 4.79 Å². The summed E-state index contributed by atoms with van der Waals surface area (Å²) in [6.07, 6.45) is 4.41. The van der Waals surface area contributed by atoms with Crippen LogP contribution in [0.4, 0.5) is 0 Å². The van der Waals surface area contributed by atoms with E-state index in [-0.39, 0.29) is 11.3 Å². The first-order chi connectivity index (χ1) is 8.69. The molecule has 1 rings (SSSR count). The summed E-state index contributed by atoms with van der Waals surface area (Å²) in [6.45, 7) is 4.69. The molecule has 1 aromatic rings. The third-order valence-corrected chi connectivity index (χ3v) is 3.12. The fraction of sp³-hybridized carbons (Fsp3) is 0.533. The Hall–Kier alpha value is -1.51. The zero-order chi connectivity index (χ0) is 13.4. The number of para-hydroxylation sites is 1. The summed E-state index contributed by atoms with van der Waals surface area (Å²) in [5.41, 5.74) is 0.239. The topological polar surface area (TPSA) is 46.5 Å². The number of hydrogen-bond donors (Lipinski definition) is 1. The number of ether oxygens (including phenoxy) is 1. The van der Waals surface area contributed by atoms with E-state index in [2.05, 4.69) is 13.8 Å². The molecule has 0 bridgehead atoms. The maximum Gasteiger partial charge on any atom is 0.341 e. The van der Waals surface area contributed by atoms with Crippen molar-refractivity contribution < 1.29 is 14.6 Å². The van der Waals surface area contributed by atoms with Gasteiger partial charge in [-0.3, -0.25) is 0 Å². The van der Waals surface area contributed by atoms with E-state index < -0.39 is 5.97 Å². The van der Waals surface area contributed by atoms with Crippen LogP contribution < -0.4 is 0 Å². The summed E-state index contributed by atoms with van der Waals surface area (Å²) in [4.78, 5) is 11.8. The summed E-state index contributed by atoms with van der Waals surface area (Å²) < 4.78 is 5.26. The molecule has 3 nitrogen and oxygen atoms in total. The minimum absolute atomic E-state index is 0.0240. The molecule has 0 spiro atoms. The Labute approximate surface area is 109 Å². The fourth-order valence-electron chi connectivity index (χ4n) is 1.82. The van der Waals surface area contributed by atoms with Gasteiger partial charge >= 0.3 is 5.97 Å². The van der Waals surface area contributed by atoms with Gasteiger partial charge in [-0.2, -0.15) is 0 Å². The Morgan fingerprint density at radius 2 is 2.06 bits per heavy atom. The fourth-order valence-corrected chi connectivity index (χ4v) is 1.82. The van der Waals surface area contributed by atoms with Gasteiger partial charge in [-0.1, -0.05) is 45.2 Å². The lowest BCUT2D eigenvalue weighted by Gasteiger charge is -2.14. The third kappa shape index (κ3) is 4.40. The van der Waals surface area contributed by atoms with Crippen molar-refractivity contribution in [2.75, 3.05) is 6.61 Å². The van der Waals surface area contributed by atoms with Crippen LogP contribution in [-0.2, 0) is 4.74 Å². The number of esters is 1. The van der Waals surface area contributed by atoms with Gasteiger partial charge < -0.3 is 9.84 Å². The molecule has 1 N–H and O–H groups in total. The Bertz CT molecular complexity index is 374. The van der Waals surface area contributed by atoms with E-state index in [0.717, 1.165) is 25.7 Å². The maximum absolute atomic E-state index is 11.8. The Balaban J connectivity index is 2.47. The smallest absolute Gasteiger partial charge is 0.341 e. The number of phenols is 1. The van der Waals surface area contributed by atoms with E-state index in [9.17, 15) is 9.90 Å². The van der Waals surface area contributed by atoms with E-state index >= 15 is 0 Å². The average molecular weight is 250 g/mol. The first kappa shape index (κ1) is 14.6. The van der Waals surface area contributed by atoms with Crippen LogP contribution in [0.3, 0.4) is 0 Å². The van der Waals surface area contributed by atoms with E-state index in [1.165, 1.54) is 6.07 Å². The lowest BCUT2D eigenvalue weighted by Crippen LogP contribution is -2.14. The van der Waals surface area contributed by atoms with Crippen molar-refractivity contribution in [3.63, 3.8) is 0 Å². The summed E-state index contributed by atoms with van der Waals surface area (Å²) >= 11 is 0.